The van der Waals surface area contributed by atoms with Crippen LogP contribution in [0.2, 0.25) is 0 Å². The molecular formula is C11H17N5O4. The molecule has 0 bridgehead atoms. The van der Waals surface area contributed by atoms with Crippen LogP contribution >= 0.6 is 0 Å². The highest BCUT2D eigenvalue weighted by molar-refractivity contribution is 5.87. The van der Waals surface area contributed by atoms with Crippen molar-refractivity contribution in [2.24, 2.45) is 11.5 Å². The van der Waals surface area contributed by atoms with Gasteiger partial charge in [0.25, 0.3) is 0 Å². The Balaban J connectivity index is 2.52. The molecule has 0 spiro atoms. The van der Waals surface area contributed by atoms with Crippen LogP contribution in [0.15, 0.2) is 12.5 Å². The average molecular weight is 283 g/mol. The van der Waals surface area contributed by atoms with Crippen LogP contribution in [0.3, 0.4) is 0 Å². The number of aromatic amines is 1. The first-order chi connectivity index (χ1) is 9.40. The molecule has 1 heterocycles. The number of nitrogens with zero attached hydrogens (tertiary/aromatic N) is 1. The number of carbonyl (C=O) groups is 3. The van der Waals surface area contributed by atoms with E-state index in [0.717, 1.165) is 0 Å². The van der Waals surface area contributed by atoms with Crippen LogP contribution in [0.4, 0.5) is 0 Å². The summed E-state index contributed by atoms with van der Waals surface area (Å²) in [5, 5.41) is 11.2. The first-order valence-corrected chi connectivity index (χ1v) is 5.94. The highest BCUT2D eigenvalue weighted by atomic mass is 16.4. The normalized spacial score (nSPS) is 13.4. The predicted octanol–water partition coefficient (Wildman–Crippen LogP) is -1.89. The van der Waals surface area contributed by atoms with Gasteiger partial charge >= 0.3 is 5.97 Å². The Morgan fingerprint density at radius 2 is 2.15 bits per heavy atom. The maximum atomic E-state index is 11.8. The van der Waals surface area contributed by atoms with Gasteiger partial charge in [-0.05, 0) is 6.42 Å². The fourth-order valence-electron chi connectivity index (χ4n) is 1.55. The molecule has 0 aliphatic rings. The molecule has 1 rings (SSSR count). The number of imidazole rings is 1. The van der Waals surface area contributed by atoms with Crippen LogP contribution in [0, 0.1) is 0 Å². The standard InChI is InChI=1S/C11H17N5O4/c12-7(3-6-4-14-5-15-6)10(18)16-8(11(19)20)1-2-9(13)17/h4-5,7-8H,1-3,12H2,(H2,13,17)(H,14,15)(H,16,18)(H,19,20)/t7-,8-/m0/s1. The Morgan fingerprint density at radius 1 is 1.45 bits per heavy atom. The molecule has 0 saturated heterocycles. The summed E-state index contributed by atoms with van der Waals surface area (Å²) in [6, 6.07) is -2.10. The molecule has 0 aliphatic carbocycles. The van der Waals surface area contributed by atoms with Gasteiger partial charge < -0.3 is 26.9 Å². The SMILES string of the molecule is NC(=O)CC[C@H](NC(=O)[C@@H](N)Cc1cnc[nH]1)C(=O)O. The lowest BCUT2D eigenvalue weighted by atomic mass is 10.1. The molecule has 9 heteroatoms. The van der Waals surface area contributed by atoms with Crippen LogP contribution in [-0.2, 0) is 20.8 Å². The van der Waals surface area contributed by atoms with Gasteiger partial charge in [-0.25, -0.2) is 9.78 Å². The Bertz CT molecular complexity index is 473. The Hall–Kier alpha value is -2.42. The summed E-state index contributed by atoms with van der Waals surface area (Å²) in [4.78, 5) is 40.0. The maximum Gasteiger partial charge on any atom is 0.326 e. The van der Waals surface area contributed by atoms with Gasteiger partial charge in [-0.15, -0.1) is 0 Å². The molecule has 0 aliphatic heterocycles. The number of carboxylic acid groups (broad SMARTS) is 1. The zero-order valence-electron chi connectivity index (χ0n) is 10.7. The summed E-state index contributed by atoms with van der Waals surface area (Å²) in [6.45, 7) is 0. The van der Waals surface area contributed by atoms with E-state index in [1.54, 1.807) is 0 Å². The van der Waals surface area contributed by atoms with E-state index in [-0.39, 0.29) is 19.3 Å². The monoisotopic (exact) mass is 283 g/mol. The van der Waals surface area contributed by atoms with E-state index < -0.39 is 29.9 Å². The van der Waals surface area contributed by atoms with Crippen molar-refractivity contribution in [1.82, 2.24) is 15.3 Å². The molecule has 0 fully saturated rings. The number of nitrogens with one attached hydrogen (secondary N) is 2. The van der Waals surface area contributed by atoms with E-state index in [4.69, 9.17) is 16.6 Å². The summed E-state index contributed by atoms with van der Waals surface area (Å²) < 4.78 is 0. The largest absolute Gasteiger partial charge is 0.480 e. The highest BCUT2D eigenvalue weighted by Crippen LogP contribution is 2.00. The van der Waals surface area contributed by atoms with Crippen molar-refractivity contribution in [2.45, 2.75) is 31.3 Å². The van der Waals surface area contributed by atoms with E-state index >= 15 is 0 Å². The number of amides is 2. The molecule has 110 valence electrons. The Labute approximate surface area is 114 Å². The van der Waals surface area contributed by atoms with Gasteiger partial charge in [0.15, 0.2) is 0 Å². The van der Waals surface area contributed by atoms with Crippen LogP contribution in [0.5, 0.6) is 0 Å². The van der Waals surface area contributed by atoms with Gasteiger partial charge in [-0.3, -0.25) is 9.59 Å². The summed E-state index contributed by atoms with van der Waals surface area (Å²) in [5.74, 6) is -2.49. The van der Waals surface area contributed by atoms with Crippen LogP contribution in [0.25, 0.3) is 0 Å². The molecule has 0 aromatic carbocycles. The zero-order chi connectivity index (χ0) is 15.1. The zero-order valence-corrected chi connectivity index (χ0v) is 10.7. The van der Waals surface area contributed by atoms with Crippen molar-refractivity contribution in [3.63, 3.8) is 0 Å². The average Bonchev–Trinajstić information content (AvgIpc) is 2.86. The molecule has 2 atom stereocenters. The Kier molecular flexibility index (Phi) is 5.66. The van der Waals surface area contributed by atoms with Crippen LogP contribution in [-0.4, -0.2) is 44.9 Å². The van der Waals surface area contributed by atoms with E-state index in [1.807, 2.05) is 0 Å². The third-order valence-corrected chi connectivity index (χ3v) is 2.63. The second-order valence-electron chi connectivity index (χ2n) is 4.29. The number of aromatic nitrogens is 2. The smallest absolute Gasteiger partial charge is 0.326 e. The molecule has 1 aromatic rings. The summed E-state index contributed by atoms with van der Waals surface area (Å²) in [7, 11) is 0. The van der Waals surface area contributed by atoms with Gasteiger partial charge in [0.1, 0.15) is 6.04 Å². The molecule has 7 N–H and O–H groups in total. The van der Waals surface area contributed by atoms with Crippen molar-refractivity contribution in [1.29, 1.82) is 0 Å². The van der Waals surface area contributed by atoms with E-state index in [9.17, 15) is 14.4 Å². The van der Waals surface area contributed by atoms with Crippen molar-refractivity contribution < 1.29 is 19.5 Å². The quantitative estimate of drug-likeness (QED) is 0.374. The molecule has 0 unspecified atom stereocenters. The molecule has 9 nitrogen and oxygen atoms in total. The maximum absolute atomic E-state index is 11.8. The van der Waals surface area contributed by atoms with E-state index in [2.05, 4.69) is 15.3 Å². The number of rotatable bonds is 8. The van der Waals surface area contributed by atoms with Gasteiger partial charge in [-0.2, -0.15) is 0 Å². The van der Waals surface area contributed by atoms with Gasteiger partial charge in [-0.1, -0.05) is 0 Å². The van der Waals surface area contributed by atoms with Crippen LogP contribution < -0.4 is 16.8 Å². The molecule has 2 amide bonds. The fourth-order valence-corrected chi connectivity index (χ4v) is 1.55. The topological polar surface area (TPSA) is 164 Å². The third-order valence-electron chi connectivity index (χ3n) is 2.63. The predicted molar refractivity (Wildman–Crippen MR) is 68.3 cm³/mol. The minimum atomic E-state index is -1.24. The first kappa shape index (κ1) is 15.6. The molecular weight excluding hydrogens is 266 g/mol. The lowest BCUT2D eigenvalue weighted by Crippen LogP contribution is -2.49. The second-order valence-corrected chi connectivity index (χ2v) is 4.29. The lowest BCUT2D eigenvalue weighted by Gasteiger charge is -2.17. The van der Waals surface area contributed by atoms with Crippen molar-refractivity contribution in [3.8, 4) is 0 Å². The number of aliphatic carboxylic acids is 1. The molecule has 0 saturated carbocycles. The summed E-state index contributed by atoms with van der Waals surface area (Å²) in [5.41, 5.74) is 11.3. The number of carboxylic acids is 1. The highest BCUT2D eigenvalue weighted by Gasteiger charge is 2.23. The third kappa shape index (κ3) is 5.06. The summed E-state index contributed by atoms with van der Waals surface area (Å²) in [6.07, 6.45) is 2.97. The first-order valence-electron chi connectivity index (χ1n) is 5.94. The van der Waals surface area contributed by atoms with Gasteiger partial charge in [0, 0.05) is 24.7 Å². The lowest BCUT2D eigenvalue weighted by molar-refractivity contribution is -0.142. The van der Waals surface area contributed by atoms with E-state index in [0.29, 0.717) is 5.69 Å². The number of hydrogen-bond donors (Lipinski definition) is 5. The fraction of sp³-hybridized carbons (Fsp3) is 0.455. The number of hydrogen-bond acceptors (Lipinski definition) is 5. The van der Waals surface area contributed by atoms with Crippen molar-refractivity contribution >= 4 is 17.8 Å². The number of nitrogens with two attached hydrogens (primary N) is 2. The second kappa shape index (κ2) is 7.24. The van der Waals surface area contributed by atoms with Gasteiger partial charge in [0.05, 0.1) is 12.4 Å². The van der Waals surface area contributed by atoms with Gasteiger partial charge in [0.2, 0.25) is 11.8 Å². The Morgan fingerprint density at radius 3 is 2.65 bits per heavy atom. The molecule has 1 aromatic heterocycles. The minimum absolute atomic E-state index is 0.0762. The number of H-pyrrole nitrogens is 1. The molecule has 0 radical (unpaired) electrons. The van der Waals surface area contributed by atoms with E-state index in [1.165, 1.54) is 12.5 Å². The summed E-state index contributed by atoms with van der Waals surface area (Å²) >= 11 is 0. The van der Waals surface area contributed by atoms with Crippen molar-refractivity contribution in [3.05, 3.63) is 18.2 Å². The van der Waals surface area contributed by atoms with Crippen LogP contribution in [0.1, 0.15) is 18.5 Å². The molecule has 20 heavy (non-hydrogen) atoms. The van der Waals surface area contributed by atoms with Crippen molar-refractivity contribution in [2.75, 3.05) is 0 Å². The number of primary amides is 1. The number of carbonyl (C=O) groups excluding carboxylic acids is 2. The minimum Gasteiger partial charge on any atom is -0.480 e.